The summed E-state index contributed by atoms with van der Waals surface area (Å²) in [5.74, 6) is -0.455. The van der Waals surface area contributed by atoms with Crippen LogP contribution in [0, 0.1) is 27.2 Å². The Morgan fingerprint density at radius 3 is 2.50 bits per heavy atom. The number of nitro groups is 2. The van der Waals surface area contributed by atoms with Crippen LogP contribution in [-0.2, 0) is 4.74 Å². The van der Waals surface area contributed by atoms with Crippen LogP contribution in [0.2, 0.25) is 0 Å². The second-order valence-electron chi connectivity index (χ2n) is 5.05. The maximum Gasteiger partial charge on any atom is 0.279 e. The van der Waals surface area contributed by atoms with Gasteiger partial charge in [-0.05, 0) is 13.3 Å². The highest BCUT2D eigenvalue weighted by molar-refractivity contribution is 5.97. The van der Waals surface area contributed by atoms with Crippen LogP contribution in [0.15, 0.2) is 12.1 Å². The first-order valence-corrected chi connectivity index (χ1v) is 6.60. The quantitative estimate of drug-likeness (QED) is 0.617. The molecule has 1 saturated heterocycles. The Morgan fingerprint density at radius 1 is 1.32 bits per heavy atom. The lowest BCUT2D eigenvalue weighted by Gasteiger charge is -2.17. The standard InChI is InChI=1S/C13H15N3O6/c1-8-11(13(17)14-4-3-10(7-14)22-2)5-9(15(18)19)6-12(8)16(20)21/h5-6,10H,3-4,7H2,1-2H3. The molecule has 1 heterocycles. The molecular weight excluding hydrogens is 294 g/mol. The topological polar surface area (TPSA) is 116 Å². The van der Waals surface area contributed by atoms with Crippen LogP contribution in [0.5, 0.6) is 0 Å². The molecule has 1 atom stereocenters. The maximum absolute atomic E-state index is 12.5. The number of ether oxygens (including phenoxy) is 1. The molecule has 0 aromatic heterocycles. The van der Waals surface area contributed by atoms with Crippen LogP contribution in [-0.4, -0.2) is 47.0 Å². The Bertz CT molecular complexity index is 645. The minimum absolute atomic E-state index is 0.0161. The fraction of sp³-hybridized carbons (Fsp3) is 0.462. The highest BCUT2D eigenvalue weighted by atomic mass is 16.6. The molecule has 0 N–H and O–H groups in total. The maximum atomic E-state index is 12.5. The van der Waals surface area contributed by atoms with Gasteiger partial charge in [0.05, 0.1) is 27.6 Å². The number of hydrogen-bond donors (Lipinski definition) is 0. The lowest BCUT2D eigenvalue weighted by Crippen LogP contribution is -2.30. The van der Waals surface area contributed by atoms with E-state index in [1.165, 1.54) is 11.8 Å². The molecule has 1 amide bonds. The minimum Gasteiger partial charge on any atom is -0.380 e. The van der Waals surface area contributed by atoms with Crippen LogP contribution >= 0.6 is 0 Å². The van der Waals surface area contributed by atoms with E-state index < -0.39 is 27.1 Å². The van der Waals surface area contributed by atoms with Gasteiger partial charge in [0.1, 0.15) is 0 Å². The molecule has 9 heteroatoms. The number of hydrogen-bond acceptors (Lipinski definition) is 6. The lowest BCUT2D eigenvalue weighted by molar-refractivity contribution is -0.394. The zero-order valence-corrected chi connectivity index (χ0v) is 12.1. The number of amides is 1. The van der Waals surface area contributed by atoms with E-state index in [2.05, 4.69) is 0 Å². The predicted molar refractivity (Wildman–Crippen MR) is 75.8 cm³/mol. The summed E-state index contributed by atoms with van der Waals surface area (Å²) >= 11 is 0. The zero-order chi connectivity index (χ0) is 16.4. The van der Waals surface area contributed by atoms with Crippen LogP contribution in [0.3, 0.4) is 0 Å². The molecule has 1 fully saturated rings. The number of methoxy groups -OCH3 is 1. The number of benzene rings is 1. The van der Waals surface area contributed by atoms with E-state index in [1.807, 2.05) is 0 Å². The van der Waals surface area contributed by atoms with Crippen molar-refractivity contribution in [2.75, 3.05) is 20.2 Å². The van der Waals surface area contributed by atoms with E-state index in [1.54, 1.807) is 7.11 Å². The smallest absolute Gasteiger partial charge is 0.279 e. The van der Waals surface area contributed by atoms with Gasteiger partial charge < -0.3 is 9.64 Å². The largest absolute Gasteiger partial charge is 0.380 e. The van der Waals surface area contributed by atoms with Crippen molar-refractivity contribution in [3.8, 4) is 0 Å². The van der Waals surface area contributed by atoms with Crippen LogP contribution in [0.25, 0.3) is 0 Å². The Kier molecular flexibility index (Phi) is 4.36. The molecular formula is C13H15N3O6. The molecule has 0 spiro atoms. The molecule has 118 valence electrons. The van der Waals surface area contributed by atoms with Crippen LogP contribution in [0.1, 0.15) is 22.3 Å². The van der Waals surface area contributed by atoms with E-state index in [4.69, 9.17) is 4.74 Å². The summed E-state index contributed by atoms with van der Waals surface area (Å²) in [4.78, 5) is 34.5. The first-order chi connectivity index (χ1) is 10.3. The Labute approximate surface area is 125 Å². The fourth-order valence-electron chi connectivity index (χ4n) is 2.48. The molecule has 1 unspecified atom stereocenters. The molecule has 22 heavy (non-hydrogen) atoms. The second-order valence-corrected chi connectivity index (χ2v) is 5.05. The van der Waals surface area contributed by atoms with Crippen LogP contribution in [0.4, 0.5) is 11.4 Å². The van der Waals surface area contributed by atoms with Crippen molar-refractivity contribution in [3.63, 3.8) is 0 Å². The molecule has 0 bridgehead atoms. The van der Waals surface area contributed by atoms with E-state index in [-0.39, 0.29) is 17.2 Å². The van der Waals surface area contributed by atoms with E-state index in [0.717, 1.165) is 12.1 Å². The van der Waals surface area contributed by atoms with Gasteiger partial charge in [-0.3, -0.25) is 25.0 Å². The lowest BCUT2D eigenvalue weighted by atomic mass is 10.0. The first kappa shape index (κ1) is 15.8. The summed E-state index contributed by atoms with van der Waals surface area (Å²) in [6.07, 6.45) is 0.580. The number of non-ortho nitro benzene ring substituents is 1. The van der Waals surface area contributed by atoms with Gasteiger partial charge in [-0.2, -0.15) is 0 Å². The zero-order valence-electron chi connectivity index (χ0n) is 12.1. The summed E-state index contributed by atoms with van der Waals surface area (Å²) in [5, 5.41) is 21.9. The van der Waals surface area contributed by atoms with E-state index in [9.17, 15) is 25.0 Å². The molecule has 0 aliphatic carbocycles. The molecule has 2 rings (SSSR count). The highest BCUT2D eigenvalue weighted by Crippen LogP contribution is 2.29. The third-order valence-corrected chi connectivity index (χ3v) is 3.77. The van der Waals surface area contributed by atoms with Crippen LogP contribution < -0.4 is 0 Å². The third kappa shape index (κ3) is 2.89. The van der Waals surface area contributed by atoms with Gasteiger partial charge in [-0.25, -0.2) is 0 Å². The summed E-state index contributed by atoms with van der Waals surface area (Å²) in [5.41, 5.74) is -0.790. The van der Waals surface area contributed by atoms with Crippen molar-refractivity contribution in [3.05, 3.63) is 43.5 Å². The van der Waals surface area contributed by atoms with Gasteiger partial charge >= 0.3 is 0 Å². The SMILES string of the molecule is COC1CCN(C(=O)c2cc([N+](=O)[O-])cc([N+](=O)[O-])c2C)C1. The molecule has 0 saturated carbocycles. The van der Waals surface area contributed by atoms with Crippen molar-refractivity contribution < 1.29 is 19.4 Å². The van der Waals surface area contributed by atoms with Gasteiger partial charge in [0.2, 0.25) is 0 Å². The molecule has 1 aromatic carbocycles. The van der Waals surface area contributed by atoms with Gasteiger partial charge in [0.25, 0.3) is 17.3 Å². The molecule has 1 aliphatic rings. The van der Waals surface area contributed by atoms with E-state index >= 15 is 0 Å². The molecule has 0 radical (unpaired) electrons. The number of nitro benzene ring substituents is 2. The summed E-state index contributed by atoms with van der Waals surface area (Å²) in [6.45, 7) is 2.23. The predicted octanol–water partition coefficient (Wildman–Crippen LogP) is 1.67. The average Bonchev–Trinajstić information content (AvgIpc) is 2.95. The molecule has 1 aliphatic heterocycles. The minimum atomic E-state index is -0.745. The Hall–Kier alpha value is -2.55. The number of carbonyl (C=O) groups excluding carboxylic acids is 1. The average molecular weight is 309 g/mol. The van der Waals surface area contributed by atoms with Crippen molar-refractivity contribution in [2.24, 2.45) is 0 Å². The summed E-state index contributed by atoms with van der Waals surface area (Å²) in [7, 11) is 1.54. The summed E-state index contributed by atoms with van der Waals surface area (Å²) < 4.78 is 5.17. The Balaban J connectivity index is 2.43. The van der Waals surface area contributed by atoms with Crippen molar-refractivity contribution in [1.82, 2.24) is 4.90 Å². The van der Waals surface area contributed by atoms with Gasteiger partial charge in [0, 0.05) is 31.8 Å². The monoisotopic (exact) mass is 309 g/mol. The number of likely N-dealkylation sites (tertiary alicyclic amines) is 1. The third-order valence-electron chi connectivity index (χ3n) is 3.77. The highest BCUT2D eigenvalue weighted by Gasteiger charge is 2.31. The van der Waals surface area contributed by atoms with Crippen molar-refractivity contribution >= 4 is 17.3 Å². The van der Waals surface area contributed by atoms with Crippen molar-refractivity contribution in [1.29, 1.82) is 0 Å². The number of rotatable bonds is 4. The van der Waals surface area contributed by atoms with Crippen molar-refractivity contribution in [2.45, 2.75) is 19.4 Å². The van der Waals surface area contributed by atoms with E-state index in [0.29, 0.717) is 19.5 Å². The number of nitrogens with zero attached hydrogens (tertiary/aromatic N) is 3. The second kappa shape index (κ2) is 6.06. The van der Waals surface area contributed by atoms with Gasteiger partial charge in [-0.1, -0.05) is 0 Å². The fourth-order valence-corrected chi connectivity index (χ4v) is 2.48. The van der Waals surface area contributed by atoms with Gasteiger partial charge in [0.15, 0.2) is 0 Å². The number of carbonyl (C=O) groups is 1. The van der Waals surface area contributed by atoms with Gasteiger partial charge in [-0.15, -0.1) is 0 Å². The first-order valence-electron chi connectivity index (χ1n) is 6.60. The Morgan fingerprint density at radius 2 is 2.00 bits per heavy atom. The summed E-state index contributed by atoms with van der Waals surface area (Å²) in [6, 6.07) is 1.96. The normalized spacial score (nSPS) is 17.5. The molecule has 1 aromatic rings. The molecule has 9 nitrogen and oxygen atoms in total.